The first-order valence-electron chi connectivity index (χ1n) is 5.32. The molecule has 0 saturated heterocycles. The Hall–Kier alpha value is -1.46. The molecule has 1 rings (SSSR count). The second kappa shape index (κ2) is 6.47. The number of urea groups is 1. The van der Waals surface area contributed by atoms with Gasteiger partial charge in [0.1, 0.15) is 0 Å². The van der Waals surface area contributed by atoms with Crippen molar-refractivity contribution >= 4 is 40.9 Å². The number of hydrogen-bond donors (Lipinski definition) is 3. The van der Waals surface area contributed by atoms with Crippen LogP contribution in [0.4, 0.5) is 10.5 Å². The SMILES string of the molecule is CCCc1cc(Cl)c(NC(=O)N=C(N)N)c(Cl)c1. The molecule has 0 spiro atoms. The molecular weight excluding hydrogens is 275 g/mol. The summed E-state index contributed by atoms with van der Waals surface area (Å²) in [6.45, 7) is 2.05. The number of nitrogens with one attached hydrogen (secondary N) is 1. The minimum absolute atomic E-state index is 0.299. The van der Waals surface area contributed by atoms with E-state index < -0.39 is 6.03 Å². The number of rotatable bonds is 3. The van der Waals surface area contributed by atoms with Crippen molar-refractivity contribution in [3.8, 4) is 0 Å². The molecule has 18 heavy (non-hydrogen) atoms. The number of benzene rings is 1. The highest BCUT2D eigenvalue weighted by Gasteiger charge is 2.11. The number of anilines is 1. The average molecular weight is 289 g/mol. The van der Waals surface area contributed by atoms with Gasteiger partial charge in [-0.05, 0) is 24.1 Å². The van der Waals surface area contributed by atoms with Crippen LogP contribution in [0.2, 0.25) is 10.0 Å². The minimum Gasteiger partial charge on any atom is -0.370 e. The van der Waals surface area contributed by atoms with Gasteiger partial charge in [0.2, 0.25) is 0 Å². The summed E-state index contributed by atoms with van der Waals surface area (Å²) in [7, 11) is 0. The quantitative estimate of drug-likeness (QED) is 0.590. The normalized spacial score (nSPS) is 9.94. The van der Waals surface area contributed by atoms with Gasteiger partial charge < -0.3 is 16.8 Å². The van der Waals surface area contributed by atoms with Crippen molar-refractivity contribution < 1.29 is 4.79 Å². The van der Waals surface area contributed by atoms with Gasteiger partial charge in [-0.15, -0.1) is 0 Å². The van der Waals surface area contributed by atoms with Gasteiger partial charge in [0.25, 0.3) is 0 Å². The van der Waals surface area contributed by atoms with E-state index in [1.54, 1.807) is 12.1 Å². The zero-order chi connectivity index (χ0) is 13.7. The lowest BCUT2D eigenvalue weighted by atomic mass is 10.1. The summed E-state index contributed by atoms with van der Waals surface area (Å²) in [4.78, 5) is 14.7. The molecular formula is C11H14Cl2N4O. The number of carbonyl (C=O) groups is 1. The van der Waals surface area contributed by atoms with Crippen LogP contribution in [0.3, 0.4) is 0 Å². The highest BCUT2D eigenvalue weighted by molar-refractivity contribution is 6.39. The van der Waals surface area contributed by atoms with E-state index in [1.165, 1.54) is 0 Å². The summed E-state index contributed by atoms with van der Waals surface area (Å²) in [6.07, 6.45) is 1.84. The highest BCUT2D eigenvalue weighted by atomic mass is 35.5. The van der Waals surface area contributed by atoms with Crippen LogP contribution in [0.15, 0.2) is 17.1 Å². The van der Waals surface area contributed by atoms with Crippen LogP contribution in [0, 0.1) is 0 Å². The van der Waals surface area contributed by atoms with Crippen LogP contribution in [0.1, 0.15) is 18.9 Å². The van der Waals surface area contributed by atoms with Gasteiger partial charge >= 0.3 is 6.03 Å². The molecule has 0 heterocycles. The largest absolute Gasteiger partial charge is 0.370 e. The maximum absolute atomic E-state index is 11.4. The summed E-state index contributed by atoms with van der Waals surface area (Å²) in [5, 5.41) is 3.13. The lowest BCUT2D eigenvalue weighted by molar-refractivity contribution is 0.259. The Balaban J connectivity index is 2.97. The highest BCUT2D eigenvalue weighted by Crippen LogP contribution is 2.32. The number of nitrogens with zero attached hydrogens (tertiary/aromatic N) is 1. The first-order chi connectivity index (χ1) is 8.43. The Labute approximate surface area is 115 Å². The molecule has 5 N–H and O–H groups in total. The molecule has 1 aromatic carbocycles. The number of halogens is 2. The summed E-state index contributed by atoms with van der Waals surface area (Å²) in [5.74, 6) is -0.331. The number of hydrogen-bond acceptors (Lipinski definition) is 1. The summed E-state index contributed by atoms with van der Waals surface area (Å²) >= 11 is 12.1. The van der Waals surface area contributed by atoms with E-state index in [0.717, 1.165) is 18.4 Å². The zero-order valence-electron chi connectivity index (χ0n) is 9.84. The molecule has 0 fully saturated rings. The lowest BCUT2D eigenvalue weighted by Crippen LogP contribution is -2.25. The summed E-state index contributed by atoms with van der Waals surface area (Å²) < 4.78 is 0. The fraction of sp³-hybridized carbons (Fsp3) is 0.273. The molecule has 0 saturated carbocycles. The molecule has 0 radical (unpaired) electrons. The van der Waals surface area contributed by atoms with Crippen LogP contribution in [-0.4, -0.2) is 12.0 Å². The van der Waals surface area contributed by atoms with Gasteiger partial charge in [-0.1, -0.05) is 36.5 Å². The predicted octanol–water partition coefficient (Wildman–Crippen LogP) is 2.75. The van der Waals surface area contributed by atoms with E-state index in [-0.39, 0.29) is 5.96 Å². The van der Waals surface area contributed by atoms with E-state index in [9.17, 15) is 4.79 Å². The third-order valence-electron chi connectivity index (χ3n) is 2.10. The van der Waals surface area contributed by atoms with Crippen molar-refractivity contribution in [1.82, 2.24) is 0 Å². The standard InChI is InChI=1S/C11H14Cl2N4O/c1-2-3-6-4-7(12)9(8(13)5-6)16-11(18)17-10(14)15/h4-5H,2-3H2,1H3,(H5,14,15,16,17,18). The van der Waals surface area contributed by atoms with E-state index in [1.807, 2.05) is 0 Å². The van der Waals surface area contributed by atoms with Crippen molar-refractivity contribution in [2.24, 2.45) is 16.5 Å². The maximum Gasteiger partial charge on any atom is 0.348 e. The predicted molar refractivity (Wildman–Crippen MR) is 75.3 cm³/mol. The van der Waals surface area contributed by atoms with Crippen molar-refractivity contribution in [3.63, 3.8) is 0 Å². The summed E-state index contributed by atoms with van der Waals surface area (Å²) in [5.41, 5.74) is 11.5. The first kappa shape index (κ1) is 14.6. The number of aryl methyl sites for hydroxylation is 1. The molecule has 0 bridgehead atoms. The molecule has 0 aliphatic rings. The van der Waals surface area contributed by atoms with E-state index in [2.05, 4.69) is 17.2 Å². The van der Waals surface area contributed by atoms with Crippen LogP contribution in [0.25, 0.3) is 0 Å². The van der Waals surface area contributed by atoms with E-state index >= 15 is 0 Å². The van der Waals surface area contributed by atoms with Crippen molar-refractivity contribution in [3.05, 3.63) is 27.7 Å². The van der Waals surface area contributed by atoms with Gasteiger partial charge in [0.05, 0.1) is 15.7 Å². The van der Waals surface area contributed by atoms with Crippen LogP contribution in [-0.2, 0) is 6.42 Å². The minimum atomic E-state index is -0.720. The van der Waals surface area contributed by atoms with Crippen LogP contribution < -0.4 is 16.8 Å². The maximum atomic E-state index is 11.4. The molecule has 0 aromatic heterocycles. The van der Waals surface area contributed by atoms with Gasteiger partial charge in [0.15, 0.2) is 5.96 Å². The Bertz CT molecular complexity index is 461. The van der Waals surface area contributed by atoms with Crippen molar-refractivity contribution in [1.29, 1.82) is 0 Å². The van der Waals surface area contributed by atoms with Gasteiger partial charge in [-0.2, -0.15) is 4.99 Å². The van der Waals surface area contributed by atoms with Crippen LogP contribution in [0.5, 0.6) is 0 Å². The molecule has 0 unspecified atom stereocenters. The van der Waals surface area contributed by atoms with Gasteiger partial charge in [-0.25, -0.2) is 4.79 Å². The topological polar surface area (TPSA) is 93.5 Å². The van der Waals surface area contributed by atoms with E-state index in [0.29, 0.717) is 15.7 Å². The fourth-order valence-corrected chi connectivity index (χ4v) is 2.06. The average Bonchev–Trinajstić information content (AvgIpc) is 2.23. The Morgan fingerprint density at radius 1 is 1.33 bits per heavy atom. The molecule has 0 aliphatic heterocycles. The number of guanidine groups is 1. The fourth-order valence-electron chi connectivity index (χ4n) is 1.43. The number of carbonyl (C=O) groups excluding carboxylic acids is 1. The molecule has 5 nitrogen and oxygen atoms in total. The Morgan fingerprint density at radius 3 is 2.33 bits per heavy atom. The van der Waals surface area contributed by atoms with Gasteiger partial charge in [-0.3, -0.25) is 0 Å². The second-order valence-corrected chi connectivity index (χ2v) is 4.47. The molecule has 7 heteroatoms. The molecule has 98 valence electrons. The molecule has 1 aromatic rings. The van der Waals surface area contributed by atoms with Crippen molar-refractivity contribution in [2.45, 2.75) is 19.8 Å². The zero-order valence-corrected chi connectivity index (χ0v) is 11.3. The van der Waals surface area contributed by atoms with Crippen molar-refractivity contribution in [2.75, 3.05) is 5.32 Å². The third-order valence-corrected chi connectivity index (χ3v) is 2.70. The molecule has 2 amide bonds. The Morgan fingerprint density at radius 2 is 1.89 bits per heavy atom. The second-order valence-electron chi connectivity index (χ2n) is 3.65. The monoisotopic (exact) mass is 288 g/mol. The lowest BCUT2D eigenvalue weighted by Gasteiger charge is -2.09. The molecule has 0 atom stereocenters. The van der Waals surface area contributed by atoms with E-state index in [4.69, 9.17) is 34.7 Å². The smallest absolute Gasteiger partial charge is 0.348 e. The Kier molecular flexibility index (Phi) is 5.25. The molecule has 0 aliphatic carbocycles. The van der Waals surface area contributed by atoms with Crippen LogP contribution >= 0.6 is 23.2 Å². The van der Waals surface area contributed by atoms with Gasteiger partial charge in [0, 0.05) is 0 Å². The number of amides is 2. The number of aliphatic imine (C=N–C) groups is 1. The number of nitrogens with two attached hydrogens (primary N) is 2. The summed E-state index contributed by atoms with van der Waals surface area (Å²) in [6, 6.07) is 2.78. The third kappa shape index (κ3) is 4.09. The first-order valence-corrected chi connectivity index (χ1v) is 6.08.